The van der Waals surface area contributed by atoms with Gasteiger partial charge in [-0.15, -0.1) is 0 Å². The molecule has 3 heterocycles. The Kier molecular flexibility index (Phi) is 6.07. The molecule has 0 bridgehead atoms. The summed E-state index contributed by atoms with van der Waals surface area (Å²) < 4.78 is 5.66. The summed E-state index contributed by atoms with van der Waals surface area (Å²) in [6.07, 6.45) is 3.15. The van der Waals surface area contributed by atoms with E-state index in [1.165, 1.54) is 4.90 Å². The van der Waals surface area contributed by atoms with E-state index in [9.17, 15) is 14.4 Å². The Morgan fingerprint density at radius 2 is 1.82 bits per heavy atom. The molecule has 2 aliphatic heterocycles. The quantitative estimate of drug-likeness (QED) is 0.567. The number of carbonyl (C=O) groups excluding carboxylic acids is 3. The molecule has 1 aromatic heterocycles. The van der Waals surface area contributed by atoms with Crippen molar-refractivity contribution in [1.29, 1.82) is 0 Å². The predicted octanol–water partition coefficient (Wildman–Crippen LogP) is 3.26. The second kappa shape index (κ2) is 9.46. The number of anilines is 1. The van der Waals surface area contributed by atoms with Crippen LogP contribution in [0.1, 0.15) is 44.0 Å². The van der Waals surface area contributed by atoms with Crippen molar-refractivity contribution in [3.8, 4) is 17.1 Å². The lowest BCUT2D eigenvalue weighted by atomic mass is 10.0. The highest BCUT2D eigenvalue weighted by Crippen LogP contribution is 2.31. The van der Waals surface area contributed by atoms with Gasteiger partial charge in [-0.2, -0.15) is 5.10 Å². The SMILES string of the molecule is O=C1CCC(=O)N1c1cccc(-c2n[nH]c([C@H]3CCCCN3C(=O)COc3ccccc3)n2)c1. The Labute approximate surface area is 196 Å². The number of amides is 3. The molecule has 0 radical (unpaired) electrons. The highest BCUT2D eigenvalue weighted by Gasteiger charge is 2.32. The van der Waals surface area contributed by atoms with Crippen molar-refractivity contribution in [3.63, 3.8) is 0 Å². The number of likely N-dealkylation sites (tertiary alicyclic amines) is 1. The molecule has 0 spiro atoms. The van der Waals surface area contributed by atoms with Gasteiger partial charge in [0.1, 0.15) is 11.6 Å². The minimum absolute atomic E-state index is 0.0402. The summed E-state index contributed by atoms with van der Waals surface area (Å²) in [6.45, 7) is 0.591. The molecule has 2 aromatic carbocycles. The first-order chi connectivity index (χ1) is 16.6. The molecule has 0 aliphatic carbocycles. The molecular weight excluding hydrogens is 434 g/mol. The van der Waals surface area contributed by atoms with Gasteiger partial charge in [-0.25, -0.2) is 4.98 Å². The number of rotatable bonds is 6. The van der Waals surface area contributed by atoms with Crippen LogP contribution in [0.15, 0.2) is 54.6 Å². The van der Waals surface area contributed by atoms with Gasteiger partial charge in [0, 0.05) is 24.9 Å². The molecule has 9 nitrogen and oxygen atoms in total. The minimum Gasteiger partial charge on any atom is -0.484 e. The number of benzene rings is 2. The largest absolute Gasteiger partial charge is 0.484 e. The first-order valence-corrected chi connectivity index (χ1v) is 11.5. The fraction of sp³-hybridized carbons (Fsp3) is 0.320. The van der Waals surface area contributed by atoms with Crippen molar-refractivity contribution in [2.45, 2.75) is 38.1 Å². The maximum Gasteiger partial charge on any atom is 0.261 e. The molecule has 2 saturated heterocycles. The third-order valence-electron chi connectivity index (χ3n) is 6.16. The van der Waals surface area contributed by atoms with E-state index >= 15 is 0 Å². The van der Waals surface area contributed by atoms with Gasteiger partial charge in [0.15, 0.2) is 12.4 Å². The second-order valence-corrected chi connectivity index (χ2v) is 8.42. The number of ether oxygens (including phenoxy) is 1. The number of aromatic amines is 1. The van der Waals surface area contributed by atoms with Crippen LogP contribution in [-0.4, -0.2) is 51.0 Å². The van der Waals surface area contributed by atoms with Gasteiger partial charge in [-0.3, -0.25) is 24.4 Å². The van der Waals surface area contributed by atoms with Crippen LogP contribution in [0.25, 0.3) is 11.4 Å². The summed E-state index contributed by atoms with van der Waals surface area (Å²) in [5.41, 5.74) is 1.21. The molecule has 3 aromatic rings. The maximum absolute atomic E-state index is 13.0. The van der Waals surface area contributed by atoms with Crippen molar-refractivity contribution in [3.05, 3.63) is 60.4 Å². The Morgan fingerprint density at radius 1 is 1.03 bits per heavy atom. The maximum atomic E-state index is 13.0. The van der Waals surface area contributed by atoms with Crippen molar-refractivity contribution >= 4 is 23.4 Å². The topological polar surface area (TPSA) is 108 Å². The molecule has 0 saturated carbocycles. The standard InChI is InChI=1S/C25H25N5O4/c31-21-12-13-22(32)30(21)18-8-6-7-17(15-18)24-26-25(28-27-24)20-11-4-5-14-29(20)23(33)16-34-19-9-2-1-3-10-19/h1-3,6-10,15,20H,4-5,11-14,16H2,(H,26,27,28)/t20-/m1/s1. The first-order valence-electron chi connectivity index (χ1n) is 11.5. The molecule has 0 unspecified atom stereocenters. The number of hydrogen-bond acceptors (Lipinski definition) is 6. The summed E-state index contributed by atoms with van der Waals surface area (Å²) in [7, 11) is 0. The number of nitrogens with zero attached hydrogens (tertiary/aromatic N) is 4. The van der Waals surface area contributed by atoms with E-state index in [1.807, 2.05) is 36.4 Å². The van der Waals surface area contributed by atoms with Crippen LogP contribution >= 0.6 is 0 Å². The van der Waals surface area contributed by atoms with E-state index in [4.69, 9.17) is 4.74 Å². The zero-order valence-corrected chi connectivity index (χ0v) is 18.6. The lowest BCUT2D eigenvalue weighted by Gasteiger charge is -2.34. The summed E-state index contributed by atoms with van der Waals surface area (Å²) in [4.78, 5) is 44.9. The van der Waals surface area contributed by atoms with Crippen LogP contribution in [-0.2, 0) is 14.4 Å². The number of piperidine rings is 1. The van der Waals surface area contributed by atoms with E-state index in [-0.39, 0.29) is 43.2 Å². The fourth-order valence-electron chi connectivity index (χ4n) is 4.46. The zero-order chi connectivity index (χ0) is 23.5. The van der Waals surface area contributed by atoms with E-state index in [0.717, 1.165) is 19.3 Å². The van der Waals surface area contributed by atoms with Gasteiger partial charge in [-0.05, 0) is 43.5 Å². The minimum atomic E-state index is -0.216. The molecule has 9 heteroatoms. The number of carbonyl (C=O) groups is 3. The molecule has 174 valence electrons. The second-order valence-electron chi connectivity index (χ2n) is 8.42. The van der Waals surface area contributed by atoms with Gasteiger partial charge in [0.2, 0.25) is 11.8 Å². The third-order valence-corrected chi connectivity index (χ3v) is 6.16. The Hall–Kier alpha value is -4.01. The fourth-order valence-corrected chi connectivity index (χ4v) is 4.46. The number of H-pyrrole nitrogens is 1. The number of para-hydroxylation sites is 1. The molecule has 2 aliphatic rings. The average Bonchev–Trinajstić information content (AvgIpc) is 3.50. The Morgan fingerprint density at radius 3 is 2.62 bits per heavy atom. The monoisotopic (exact) mass is 459 g/mol. The summed E-state index contributed by atoms with van der Waals surface area (Å²) in [6, 6.07) is 16.1. The molecule has 34 heavy (non-hydrogen) atoms. The highest BCUT2D eigenvalue weighted by atomic mass is 16.5. The van der Waals surface area contributed by atoms with E-state index in [2.05, 4.69) is 15.2 Å². The van der Waals surface area contributed by atoms with Crippen LogP contribution in [0, 0.1) is 0 Å². The molecule has 1 atom stereocenters. The van der Waals surface area contributed by atoms with Gasteiger partial charge in [0.25, 0.3) is 5.91 Å². The number of nitrogens with one attached hydrogen (secondary N) is 1. The van der Waals surface area contributed by atoms with Crippen molar-refractivity contribution in [2.75, 3.05) is 18.1 Å². The first kappa shape index (κ1) is 21.8. The van der Waals surface area contributed by atoms with Gasteiger partial charge >= 0.3 is 0 Å². The molecule has 3 amide bonds. The van der Waals surface area contributed by atoms with Crippen molar-refractivity contribution in [1.82, 2.24) is 20.1 Å². The van der Waals surface area contributed by atoms with Crippen LogP contribution in [0.5, 0.6) is 5.75 Å². The van der Waals surface area contributed by atoms with Gasteiger partial charge in [0.05, 0.1) is 11.7 Å². The molecular formula is C25H25N5O4. The third kappa shape index (κ3) is 4.41. The van der Waals surface area contributed by atoms with Crippen molar-refractivity contribution in [2.24, 2.45) is 0 Å². The summed E-state index contributed by atoms with van der Waals surface area (Å²) in [5.74, 6) is 1.22. The predicted molar refractivity (Wildman–Crippen MR) is 124 cm³/mol. The molecule has 2 fully saturated rings. The molecule has 5 rings (SSSR count). The zero-order valence-electron chi connectivity index (χ0n) is 18.6. The van der Waals surface area contributed by atoms with Crippen LogP contribution in [0.3, 0.4) is 0 Å². The summed E-state index contributed by atoms with van der Waals surface area (Å²) >= 11 is 0. The lowest BCUT2D eigenvalue weighted by Crippen LogP contribution is -2.41. The van der Waals surface area contributed by atoms with Crippen LogP contribution < -0.4 is 9.64 Å². The van der Waals surface area contributed by atoms with Gasteiger partial charge < -0.3 is 9.64 Å². The summed E-state index contributed by atoms with van der Waals surface area (Å²) in [5, 5.41) is 7.36. The van der Waals surface area contributed by atoms with E-state index in [0.29, 0.717) is 35.2 Å². The Bertz CT molecular complexity index is 1190. The highest BCUT2D eigenvalue weighted by molar-refractivity contribution is 6.19. The normalized spacial score (nSPS) is 18.4. The number of imide groups is 1. The Balaban J connectivity index is 1.33. The number of hydrogen-bond donors (Lipinski definition) is 1. The molecule has 1 N–H and O–H groups in total. The lowest BCUT2D eigenvalue weighted by molar-refractivity contribution is -0.137. The van der Waals surface area contributed by atoms with Crippen LogP contribution in [0.2, 0.25) is 0 Å². The van der Waals surface area contributed by atoms with E-state index in [1.54, 1.807) is 23.1 Å². The van der Waals surface area contributed by atoms with Crippen LogP contribution in [0.4, 0.5) is 5.69 Å². The van der Waals surface area contributed by atoms with Gasteiger partial charge in [-0.1, -0.05) is 30.3 Å². The number of aromatic nitrogens is 3. The smallest absolute Gasteiger partial charge is 0.261 e. The average molecular weight is 460 g/mol. The van der Waals surface area contributed by atoms with E-state index < -0.39 is 0 Å². The van der Waals surface area contributed by atoms with Crippen molar-refractivity contribution < 1.29 is 19.1 Å².